The van der Waals surface area contributed by atoms with E-state index in [0.717, 1.165) is 11.6 Å². The van der Waals surface area contributed by atoms with Crippen LogP contribution in [0.5, 0.6) is 5.75 Å². The Hall–Kier alpha value is -3.48. The third-order valence-corrected chi connectivity index (χ3v) is 5.44. The standard InChI is InChI=1S/C25H24F3N3O/c1-16(2)18-6-4-17(5-7-18)14-29-19-12-22(25(26,27)28)24-23(13-19)30-15-31(24)20-8-10-21(32-3)11-9-20/h4-13,15-16,29H,14H2,1-3H3. The molecule has 1 N–H and O–H groups in total. The summed E-state index contributed by atoms with van der Waals surface area (Å²) in [5, 5.41) is 3.11. The topological polar surface area (TPSA) is 39.1 Å². The highest BCUT2D eigenvalue weighted by molar-refractivity contribution is 5.85. The Balaban J connectivity index is 1.68. The van der Waals surface area contributed by atoms with Gasteiger partial charge < -0.3 is 10.1 Å². The molecule has 0 aliphatic rings. The van der Waals surface area contributed by atoms with Gasteiger partial charge in [-0.3, -0.25) is 4.57 Å². The monoisotopic (exact) mass is 439 g/mol. The molecule has 0 bridgehead atoms. The molecule has 4 nitrogen and oxygen atoms in total. The molecule has 32 heavy (non-hydrogen) atoms. The van der Waals surface area contributed by atoms with Gasteiger partial charge in [-0.05, 0) is 53.4 Å². The SMILES string of the molecule is COc1ccc(-n2cnc3cc(NCc4ccc(C(C)C)cc4)cc(C(F)(F)F)c32)cc1. The second kappa shape index (κ2) is 8.57. The van der Waals surface area contributed by atoms with Crippen LogP contribution in [0, 0.1) is 0 Å². The smallest absolute Gasteiger partial charge is 0.418 e. The summed E-state index contributed by atoms with van der Waals surface area (Å²) >= 11 is 0. The molecule has 0 saturated heterocycles. The van der Waals surface area contributed by atoms with Crippen molar-refractivity contribution in [2.45, 2.75) is 32.5 Å². The van der Waals surface area contributed by atoms with Crippen molar-refractivity contribution in [2.75, 3.05) is 12.4 Å². The summed E-state index contributed by atoms with van der Waals surface area (Å²) in [6.07, 6.45) is -3.12. The van der Waals surface area contributed by atoms with Crippen LogP contribution in [-0.4, -0.2) is 16.7 Å². The normalized spacial score (nSPS) is 11.8. The van der Waals surface area contributed by atoms with Crippen molar-refractivity contribution >= 4 is 16.7 Å². The number of halogens is 3. The van der Waals surface area contributed by atoms with Gasteiger partial charge in [-0.15, -0.1) is 0 Å². The second-order valence-corrected chi connectivity index (χ2v) is 7.95. The lowest BCUT2D eigenvalue weighted by atomic mass is 10.0. The highest BCUT2D eigenvalue weighted by Gasteiger charge is 2.35. The van der Waals surface area contributed by atoms with Gasteiger partial charge in [-0.2, -0.15) is 13.2 Å². The zero-order chi connectivity index (χ0) is 22.9. The Bertz CT molecular complexity index is 1210. The van der Waals surface area contributed by atoms with Gasteiger partial charge in [0.25, 0.3) is 0 Å². The molecule has 4 rings (SSSR count). The van der Waals surface area contributed by atoms with Crippen LogP contribution in [0.3, 0.4) is 0 Å². The lowest BCUT2D eigenvalue weighted by Crippen LogP contribution is -2.10. The van der Waals surface area contributed by atoms with Crippen LogP contribution in [0.15, 0.2) is 67.0 Å². The molecule has 0 aliphatic carbocycles. The van der Waals surface area contributed by atoms with Crippen molar-refractivity contribution in [3.8, 4) is 11.4 Å². The Kier molecular flexibility index (Phi) is 5.82. The molecule has 0 saturated carbocycles. The van der Waals surface area contributed by atoms with Gasteiger partial charge in [-0.1, -0.05) is 38.1 Å². The maximum atomic E-state index is 14.0. The van der Waals surface area contributed by atoms with Gasteiger partial charge in [-0.25, -0.2) is 4.98 Å². The Labute approximate surface area is 184 Å². The Morgan fingerprint density at radius 3 is 2.28 bits per heavy atom. The first-order chi connectivity index (χ1) is 15.3. The number of rotatable bonds is 6. The van der Waals surface area contributed by atoms with Gasteiger partial charge in [0.2, 0.25) is 0 Å². The Morgan fingerprint density at radius 2 is 1.69 bits per heavy atom. The predicted octanol–water partition coefficient (Wildman–Crippen LogP) is 6.79. The number of imidazole rings is 1. The van der Waals surface area contributed by atoms with Crippen molar-refractivity contribution in [3.05, 3.63) is 83.7 Å². The van der Waals surface area contributed by atoms with Crippen LogP contribution in [0.2, 0.25) is 0 Å². The summed E-state index contributed by atoms with van der Waals surface area (Å²) in [5.41, 5.74) is 2.72. The molecule has 3 aromatic carbocycles. The van der Waals surface area contributed by atoms with Gasteiger partial charge >= 0.3 is 6.18 Å². The van der Waals surface area contributed by atoms with Gasteiger partial charge in [0.1, 0.15) is 12.1 Å². The lowest BCUT2D eigenvalue weighted by Gasteiger charge is -2.15. The summed E-state index contributed by atoms with van der Waals surface area (Å²) in [4.78, 5) is 4.25. The number of fused-ring (bicyclic) bond motifs is 1. The average Bonchev–Trinajstić information content (AvgIpc) is 3.20. The first-order valence-electron chi connectivity index (χ1n) is 10.3. The lowest BCUT2D eigenvalue weighted by molar-refractivity contribution is -0.136. The molecule has 0 radical (unpaired) electrons. The number of anilines is 1. The fraction of sp³-hybridized carbons (Fsp3) is 0.240. The predicted molar refractivity (Wildman–Crippen MR) is 120 cm³/mol. The average molecular weight is 439 g/mol. The molecular formula is C25H24F3N3O. The highest BCUT2D eigenvalue weighted by Crippen LogP contribution is 2.38. The summed E-state index contributed by atoms with van der Waals surface area (Å²) in [6.45, 7) is 4.65. The fourth-order valence-corrected chi connectivity index (χ4v) is 3.63. The van der Waals surface area contributed by atoms with Crippen LogP contribution in [0.25, 0.3) is 16.7 Å². The largest absolute Gasteiger partial charge is 0.497 e. The number of ether oxygens (including phenoxy) is 1. The van der Waals surface area contributed by atoms with Crippen LogP contribution in [0.4, 0.5) is 18.9 Å². The molecule has 0 unspecified atom stereocenters. The number of nitrogens with zero attached hydrogens (tertiary/aromatic N) is 2. The van der Waals surface area contributed by atoms with Gasteiger partial charge in [0.15, 0.2) is 0 Å². The molecule has 0 fully saturated rings. The molecule has 1 heterocycles. The van der Waals surface area contributed by atoms with Crippen molar-refractivity contribution in [3.63, 3.8) is 0 Å². The van der Waals surface area contributed by atoms with E-state index in [0.29, 0.717) is 29.6 Å². The summed E-state index contributed by atoms with van der Waals surface area (Å²) in [6, 6.07) is 17.7. The van der Waals surface area contributed by atoms with E-state index in [4.69, 9.17) is 4.74 Å². The van der Waals surface area contributed by atoms with Crippen molar-refractivity contribution in [2.24, 2.45) is 0 Å². The van der Waals surface area contributed by atoms with Crippen molar-refractivity contribution < 1.29 is 17.9 Å². The van der Waals surface area contributed by atoms with Crippen LogP contribution >= 0.6 is 0 Å². The minimum absolute atomic E-state index is 0.0227. The van der Waals surface area contributed by atoms with E-state index in [2.05, 4.69) is 24.1 Å². The number of hydrogen-bond donors (Lipinski definition) is 1. The van der Waals surface area contributed by atoms with E-state index in [-0.39, 0.29) is 11.0 Å². The van der Waals surface area contributed by atoms with Crippen LogP contribution in [-0.2, 0) is 12.7 Å². The number of methoxy groups -OCH3 is 1. The minimum Gasteiger partial charge on any atom is -0.497 e. The molecule has 0 spiro atoms. The molecule has 7 heteroatoms. The quantitative estimate of drug-likeness (QED) is 0.360. The highest BCUT2D eigenvalue weighted by atomic mass is 19.4. The first kappa shape index (κ1) is 21.7. The zero-order valence-electron chi connectivity index (χ0n) is 18.1. The molecule has 0 atom stereocenters. The molecule has 4 aromatic rings. The summed E-state index contributed by atoms with van der Waals surface area (Å²) < 4.78 is 48.5. The van der Waals surface area contributed by atoms with Gasteiger partial charge in [0.05, 0.1) is 23.7 Å². The van der Waals surface area contributed by atoms with E-state index in [1.54, 1.807) is 30.3 Å². The van der Waals surface area contributed by atoms with Gasteiger partial charge in [0, 0.05) is 17.9 Å². The van der Waals surface area contributed by atoms with E-state index in [1.807, 2.05) is 24.3 Å². The zero-order valence-corrected chi connectivity index (χ0v) is 18.1. The van der Waals surface area contributed by atoms with Crippen molar-refractivity contribution in [1.82, 2.24) is 9.55 Å². The molecule has 0 amide bonds. The number of hydrogen-bond acceptors (Lipinski definition) is 3. The molecule has 166 valence electrons. The summed E-state index contributed by atoms with van der Waals surface area (Å²) in [5.74, 6) is 1.05. The third kappa shape index (κ3) is 4.42. The molecule has 0 aliphatic heterocycles. The maximum Gasteiger partial charge on any atom is 0.418 e. The first-order valence-corrected chi connectivity index (χ1v) is 10.3. The van der Waals surface area contributed by atoms with E-state index < -0.39 is 11.7 Å². The number of nitrogens with one attached hydrogen (secondary N) is 1. The second-order valence-electron chi connectivity index (χ2n) is 7.95. The van der Waals surface area contributed by atoms with Crippen LogP contribution in [0.1, 0.15) is 36.5 Å². The number of alkyl halides is 3. The minimum atomic E-state index is -4.53. The van der Waals surface area contributed by atoms with Crippen LogP contribution < -0.4 is 10.1 Å². The molecular weight excluding hydrogens is 415 g/mol. The number of benzene rings is 3. The van der Waals surface area contributed by atoms with E-state index >= 15 is 0 Å². The van der Waals surface area contributed by atoms with E-state index in [9.17, 15) is 13.2 Å². The molecule has 1 aromatic heterocycles. The van der Waals surface area contributed by atoms with Crippen molar-refractivity contribution in [1.29, 1.82) is 0 Å². The number of aromatic nitrogens is 2. The summed E-state index contributed by atoms with van der Waals surface area (Å²) in [7, 11) is 1.54. The maximum absolute atomic E-state index is 14.0. The Morgan fingerprint density at radius 1 is 1.00 bits per heavy atom. The third-order valence-electron chi connectivity index (χ3n) is 5.44. The fourth-order valence-electron chi connectivity index (χ4n) is 3.63. The van der Waals surface area contributed by atoms with E-state index in [1.165, 1.54) is 23.6 Å².